The van der Waals surface area contributed by atoms with Gasteiger partial charge < -0.3 is 5.32 Å². The van der Waals surface area contributed by atoms with Crippen LogP contribution in [0.3, 0.4) is 0 Å². The normalized spacial score (nSPS) is 10.0. The summed E-state index contributed by atoms with van der Waals surface area (Å²) in [5.74, 6) is -1.15. The largest absolute Gasteiger partial charge is 0.313 e. The predicted molar refractivity (Wildman–Crippen MR) is 89.5 cm³/mol. The molecule has 2 rings (SSSR count). The summed E-state index contributed by atoms with van der Waals surface area (Å²) < 4.78 is 0. The lowest BCUT2D eigenvalue weighted by atomic mass is 10.1. The molecule has 3 N–H and O–H groups in total. The Morgan fingerprint density at radius 2 is 1.70 bits per heavy atom. The number of benzene rings is 1. The third-order valence-electron chi connectivity index (χ3n) is 3.12. The average Bonchev–Trinajstić information content (AvgIpc) is 2.92. The van der Waals surface area contributed by atoms with Gasteiger partial charge in [0.2, 0.25) is 5.91 Å². The lowest BCUT2D eigenvalue weighted by molar-refractivity contribution is -0.119. The van der Waals surface area contributed by atoms with Crippen molar-refractivity contribution >= 4 is 34.1 Å². The molecule has 0 radical (unpaired) electrons. The number of anilines is 1. The van der Waals surface area contributed by atoms with E-state index >= 15 is 0 Å². The van der Waals surface area contributed by atoms with Gasteiger partial charge in [-0.25, -0.2) is 0 Å². The summed E-state index contributed by atoms with van der Waals surface area (Å²) in [5, 5.41) is 4.86. The van der Waals surface area contributed by atoms with E-state index in [1.54, 1.807) is 17.5 Å². The van der Waals surface area contributed by atoms with Crippen molar-refractivity contribution in [1.82, 2.24) is 10.9 Å². The SMILES string of the molecule is CC(=O)NNC(=O)c1ccsc1NC(=O)c1ccc(C)cc1C. The maximum absolute atomic E-state index is 12.4. The highest BCUT2D eigenvalue weighted by Gasteiger charge is 2.17. The maximum atomic E-state index is 12.4. The van der Waals surface area contributed by atoms with Gasteiger partial charge in [0.1, 0.15) is 5.00 Å². The maximum Gasteiger partial charge on any atom is 0.272 e. The smallest absolute Gasteiger partial charge is 0.272 e. The minimum Gasteiger partial charge on any atom is -0.313 e. The molecule has 7 heteroatoms. The van der Waals surface area contributed by atoms with Crippen LogP contribution in [0.4, 0.5) is 5.00 Å². The highest BCUT2D eigenvalue weighted by Crippen LogP contribution is 2.24. The molecule has 0 bridgehead atoms. The van der Waals surface area contributed by atoms with Gasteiger partial charge in [0.25, 0.3) is 11.8 Å². The molecule has 120 valence electrons. The molecule has 0 aliphatic rings. The van der Waals surface area contributed by atoms with Crippen LogP contribution in [-0.4, -0.2) is 17.7 Å². The van der Waals surface area contributed by atoms with Gasteiger partial charge >= 0.3 is 0 Å². The van der Waals surface area contributed by atoms with Gasteiger partial charge in [-0.15, -0.1) is 11.3 Å². The molecule has 0 unspecified atom stereocenters. The number of nitrogens with one attached hydrogen (secondary N) is 3. The quantitative estimate of drug-likeness (QED) is 0.755. The number of carbonyl (C=O) groups excluding carboxylic acids is 3. The van der Waals surface area contributed by atoms with E-state index in [2.05, 4.69) is 16.2 Å². The van der Waals surface area contributed by atoms with Crippen LogP contribution in [0, 0.1) is 13.8 Å². The van der Waals surface area contributed by atoms with Crippen LogP contribution < -0.4 is 16.2 Å². The molecule has 3 amide bonds. The van der Waals surface area contributed by atoms with Crippen molar-refractivity contribution in [2.75, 3.05) is 5.32 Å². The Hall–Kier alpha value is -2.67. The highest BCUT2D eigenvalue weighted by atomic mass is 32.1. The zero-order chi connectivity index (χ0) is 17.0. The fourth-order valence-electron chi connectivity index (χ4n) is 2.04. The summed E-state index contributed by atoms with van der Waals surface area (Å²) in [5.41, 5.74) is 7.27. The first-order chi connectivity index (χ1) is 10.9. The van der Waals surface area contributed by atoms with Crippen LogP contribution in [0.5, 0.6) is 0 Å². The second kappa shape index (κ2) is 7.06. The molecular weight excluding hydrogens is 314 g/mol. The Morgan fingerprint density at radius 3 is 2.35 bits per heavy atom. The van der Waals surface area contributed by atoms with E-state index in [9.17, 15) is 14.4 Å². The summed E-state index contributed by atoms with van der Waals surface area (Å²) in [6.07, 6.45) is 0. The number of hydrogen-bond acceptors (Lipinski definition) is 4. The minimum atomic E-state index is -0.489. The molecule has 0 aliphatic carbocycles. The Morgan fingerprint density at radius 1 is 0.957 bits per heavy atom. The standard InChI is InChI=1S/C16H17N3O3S/c1-9-4-5-12(10(2)8-9)14(21)17-16-13(6-7-23-16)15(22)19-18-11(3)20/h4-8H,1-3H3,(H,17,21)(H,18,20)(H,19,22). The van der Waals surface area contributed by atoms with Crippen molar-refractivity contribution in [1.29, 1.82) is 0 Å². The molecule has 0 atom stereocenters. The molecule has 23 heavy (non-hydrogen) atoms. The monoisotopic (exact) mass is 331 g/mol. The number of hydrazine groups is 1. The molecule has 0 fully saturated rings. The number of rotatable bonds is 3. The van der Waals surface area contributed by atoms with Gasteiger partial charge in [0.15, 0.2) is 0 Å². The summed E-state index contributed by atoms with van der Waals surface area (Å²) in [6, 6.07) is 7.12. The van der Waals surface area contributed by atoms with Gasteiger partial charge in [-0.2, -0.15) is 0 Å². The van der Waals surface area contributed by atoms with Gasteiger partial charge in [-0.05, 0) is 36.9 Å². The van der Waals surface area contributed by atoms with Crippen LogP contribution in [0.2, 0.25) is 0 Å². The molecule has 0 spiro atoms. The number of thiophene rings is 1. The first-order valence-electron chi connectivity index (χ1n) is 6.91. The lowest BCUT2D eigenvalue weighted by Gasteiger charge is -2.09. The zero-order valence-electron chi connectivity index (χ0n) is 13.0. The predicted octanol–water partition coefficient (Wildman–Crippen LogP) is 2.40. The summed E-state index contributed by atoms with van der Waals surface area (Å²) in [7, 11) is 0. The molecule has 0 aliphatic heterocycles. The fraction of sp³-hybridized carbons (Fsp3) is 0.188. The topological polar surface area (TPSA) is 87.3 Å². The highest BCUT2D eigenvalue weighted by molar-refractivity contribution is 7.14. The van der Waals surface area contributed by atoms with E-state index in [-0.39, 0.29) is 11.8 Å². The number of carbonyl (C=O) groups is 3. The van der Waals surface area contributed by atoms with Gasteiger partial charge in [-0.1, -0.05) is 17.7 Å². The van der Waals surface area contributed by atoms with E-state index < -0.39 is 5.91 Å². The zero-order valence-corrected chi connectivity index (χ0v) is 13.8. The first-order valence-corrected chi connectivity index (χ1v) is 7.79. The second-order valence-corrected chi connectivity index (χ2v) is 5.99. The van der Waals surface area contributed by atoms with Crippen molar-refractivity contribution in [2.45, 2.75) is 20.8 Å². The Labute approximate surface area is 137 Å². The third-order valence-corrected chi connectivity index (χ3v) is 3.95. The van der Waals surface area contributed by atoms with Crippen molar-refractivity contribution in [2.24, 2.45) is 0 Å². The van der Waals surface area contributed by atoms with Gasteiger partial charge in [0, 0.05) is 12.5 Å². The van der Waals surface area contributed by atoms with E-state index in [1.165, 1.54) is 18.3 Å². The minimum absolute atomic E-state index is 0.279. The second-order valence-electron chi connectivity index (χ2n) is 5.07. The van der Waals surface area contributed by atoms with E-state index in [0.29, 0.717) is 16.1 Å². The Kier molecular flexibility index (Phi) is 5.13. The van der Waals surface area contributed by atoms with Crippen molar-refractivity contribution < 1.29 is 14.4 Å². The molecule has 6 nitrogen and oxygen atoms in total. The fourth-order valence-corrected chi connectivity index (χ4v) is 2.82. The molecular formula is C16H17N3O3S. The number of amides is 3. The molecule has 1 heterocycles. The third kappa shape index (κ3) is 4.17. The summed E-state index contributed by atoms with van der Waals surface area (Å²) in [4.78, 5) is 35.2. The molecule has 2 aromatic rings. The van der Waals surface area contributed by atoms with E-state index in [4.69, 9.17) is 0 Å². The van der Waals surface area contributed by atoms with E-state index in [1.807, 2.05) is 26.0 Å². The Bertz CT molecular complexity index is 768. The first kappa shape index (κ1) is 16.7. The van der Waals surface area contributed by atoms with Crippen LogP contribution in [0.1, 0.15) is 38.8 Å². The van der Waals surface area contributed by atoms with Crippen LogP contribution >= 0.6 is 11.3 Å². The molecule has 0 saturated heterocycles. The van der Waals surface area contributed by atoms with E-state index in [0.717, 1.165) is 11.1 Å². The van der Waals surface area contributed by atoms with Crippen molar-refractivity contribution in [3.63, 3.8) is 0 Å². The molecule has 1 aromatic heterocycles. The van der Waals surface area contributed by atoms with Gasteiger partial charge in [-0.3, -0.25) is 25.2 Å². The molecule has 0 saturated carbocycles. The number of aryl methyl sites for hydroxylation is 2. The molecule has 1 aromatic carbocycles. The van der Waals surface area contributed by atoms with Crippen LogP contribution in [0.15, 0.2) is 29.6 Å². The van der Waals surface area contributed by atoms with Gasteiger partial charge in [0.05, 0.1) is 5.56 Å². The average molecular weight is 331 g/mol. The van der Waals surface area contributed by atoms with Crippen molar-refractivity contribution in [3.05, 3.63) is 51.9 Å². The lowest BCUT2D eigenvalue weighted by Crippen LogP contribution is -2.40. The van der Waals surface area contributed by atoms with Crippen LogP contribution in [-0.2, 0) is 4.79 Å². The van der Waals surface area contributed by atoms with Crippen molar-refractivity contribution in [3.8, 4) is 0 Å². The summed E-state index contributed by atoms with van der Waals surface area (Å²) in [6.45, 7) is 5.11. The summed E-state index contributed by atoms with van der Waals surface area (Å²) >= 11 is 1.24. The van der Waals surface area contributed by atoms with Crippen LogP contribution in [0.25, 0.3) is 0 Å². The Balaban J connectivity index is 2.15. The number of hydrogen-bond donors (Lipinski definition) is 3.